The molecule has 103 heavy (non-hydrogen) atoms. The van der Waals surface area contributed by atoms with Crippen LogP contribution in [0, 0.1) is 200 Å². The van der Waals surface area contributed by atoms with Crippen LogP contribution in [0.5, 0.6) is 0 Å². The number of terminal acetylenes is 7. The van der Waals surface area contributed by atoms with Crippen molar-refractivity contribution in [1.29, 1.82) is 47.4 Å². The average molecular weight is 1430 g/mol. The fraction of sp³-hybridized carbons (Fsp3) is 0.653. The summed E-state index contributed by atoms with van der Waals surface area (Å²) in [5, 5.41) is 77.5. The summed E-state index contributed by atoms with van der Waals surface area (Å²) in [6.45, 7) is 21.3. The molecule has 0 spiro atoms. The van der Waals surface area contributed by atoms with Crippen molar-refractivity contribution in [2.45, 2.75) is 68.8 Å². The molecule has 0 aromatic rings. The molecule has 7 rings (SSSR count). The molecule has 0 radical (unpaired) electrons. The van der Waals surface area contributed by atoms with Crippen LogP contribution < -0.4 is 0 Å². The number of halogens is 7. The van der Waals surface area contributed by atoms with Gasteiger partial charge in [0.1, 0.15) is 12.8 Å². The van der Waals surface area contributed by atoms with Gasteiger partial charge < -0.3 is 4.74 Å². The van der Waals surface area contributed by atoms with Crippen LogP contribution in [0.4, 0.5) is 30.7 Å². The Labute approximate surface area is 606 Å². The molecule has 0 aliphatic carbocycles. The molecule has 7 saturated heterocycles. The topological polar surface area (TPSA) is 269 Å². The number of nitrogens with zero attached hydrogens (tertiary/aromatic N) is 23. The van der Waals surface area contributed by atoms with Crippen LogP contribution in [0.25, 0.3) is 0 Å². The normalized spacial score (nSPS) is 21.8. The SMILES string of the molecule is C#CC(C#N)N1CCCN(C(C#N)C#N)C1.C#CCCN1CCCN(CCC#N)C1.C#CCN1CC(C(F)(F)F)CN(CC#N)C1.C#CCN1CC(C=C)CN(CC#N)C1.C#CCN1CC(F)CN(CC#N)C1.C#CCN1CC(OCC(F)(F)F)CN(CC#N)C1.C#CCN1CCCN(CC#N)C1. The van der Waals surface area contributed by atoms with Gasteiger partial charge in [0.05, 0.1) is 179 Å². The molecule has 0 aromatic heterocycles. The monoisotopic (exact) mass is 1430 g/mol. The summed E-state index contributed by atoms with van der Waals surface area (Å²) in [5.41, 5.74) is 0. The minimum atomic E-state index is -4.34. The van der Waals surface area contributed by atoms with Crippen LogP contribution in [-0.4, -0.2) is 329 Å². The van der Waals surface area contributed by atoms with Crippen molar-refractivity contribution < 1.29 is 35.5 Å². The quantitative estimate of drug-likeness (QED) is 0.0778. The molecule has 7 heterocycles. The lowest BCUT2D eigenvalue weighted by Gasteiger charge is -2.38. The first kappa shape index (κ1) is 92.0. The molecule has 552 valence electrons. The predicted molar refractivity (Wildman–Crippen MR) is 373 cm³/mol. The first-order valence-electron chi connectivity index (χ1n) is 33.1. The van der Waals surface area contributed by atoms with Gasteiger partial charge in [-0.25, -0.2) is 4.39 Å². The van der Waals surface area contributed by atoms with Crippen molar-refractivity contribution >= 4 is 0 Å². The molecule has 5 unspecified atom stereocenters. The van der Waals surface area contributed by atoms with Crippen molar-refractivity contribution in [2.24, 2.45) is 11.8 Å². The number of nitriles is 9. The zero-order chi connectivity index (χ0) is 76.9. The van der Waals surface area contributed by atoms with Gasteiger partial charge in [-0.05, 0) is 19.3 Å². The van der Waals surface area contributed by atoms with Crippen LogP contribution in [0.2, 0.25) is 0 Å². The standard InChI is InChI=1S/C11H14F3N3O.C11H11N5.C11H15N3.C11H17N3.C10H12F3N3.C9H12FN3.C9H13N3/c1-2-4-16-6-10(18-8-11(12,13)14)7-17(9-16)5-3-15;1-2-10(6-12)15-4-3-5-16(9-15)11(7-13)8-14;1-3-6-13-8-11(4-2)9-14(10-13)7-5-12;1-2-3-7-13-9-5-10-14(11-13)8-4-6-12;1-2-4-15-6-9(10(11,12)13)7-16(8-15)5-3-14;1-2-4-12-6-9(10)7-13(8-12)5-3-11;1-2-5-11-6-3-7-12(9-11)8-4-10/h1,10H,4-9H2;1,10-11H,3-5,9H2;1,4,11H,2,6-10H2;1H,3-5,7-11H2;1,9H,4-8H2;1,9H,4-8H2;1H,3,5-9H2. The van der Waals surface area contributed by atoms with E-state index in [4.69, 9.17) is 97.1 Å². The summed E-state index contributed by atoms with van der Waals surface area (Å²) in [6.07, 6.45) is 32.8. The third kappa shape index (κ3) is 41.0. The van der Waals surface area contributed by atoms with E-state index in [1.807, 2.05) is 47.4 Å². The third-order valence-corrected chi connectivity index (χ3v) is 16.0. The van der Waals surface area contributed by atoms with Gasteiger partial charge in [-0.1, -0.05) is 41.6 Å². The maximum Gasteiger partial charge on any atom is 0.411 e. The Hall–Kier alpha value is -9.02. The van der Waals surface area contributed by atoms with Crippen LogP contribution in [0.1, 0.15) is 32.1 Å². The van der Waals surface area contributed by atoms with Gasteiger partial charge >= 0.3 is 12.4 Å². The fourth-order valence-corrected chi connectivity index (χ4v) is 11.6. The van der Waals surface area contributed by atoms with Gasteiger partial charge in [-0.2, -0.15) is 73.7 Å². The Morgan fingerprint density at radius 1 is 0.398 bits per heavy atom. The Balaban J connectivity index is 0.000000603. The molecular weight excluding hydrogens is 1340 g/mol. The second kappa shape index (κ2) is 54.6. The highest BCUT2D eigenvalue weighted by atomic mass is 19.4. The molecular formula is C72H94F7N23O. The fourth-order valence-electron chi connectivity index (χ4n) is 11.6. The molecule has 7 aliphatic rings. The second-order valence-corrected chi connectivity index (χ2v) is 24.5. The lowest BCUT2D eigenvalue weighted by atomic mass is 10.1. The molecule has 7 aliphatic heterocycles. The van der Waals surface area contributed by atoms with Gasteiger partial charge in [0, 0.05) is 123 Å². The second-order valence-electron chi connectivity index (χ2n) is 24.5. The summed E-state index contributed by atoms with van der Waals surface area (Å²) < 4.78 is 91.8. The molecule has 0 bridgehead atoms. The number of hydrogen-bond acceptors (Lipinski definition) is 24. The van der Waals surface area contributed by atoms with Crippen LogP contribution in [0.15, 0.2) is 12.7 Å². The van der Waals surface area contributed by atoms with E-state index in [-0.39, 0.29) is 39.3 Å². The summed E-state index contributed by atoms with van der Waals surface area (Å²) in [4.78, 5) is 26.8. The van der Waals surface area contributed by atoms with E-state index in [9.17, 15) is 30.7 Å². The first-order chi connectivity index (χ1) is 49.5. The summed E-state index contributed by atoms with van der Waals surface area (Å²) in [7, 11) is 0. The molecule has 0 N–H and O–H groups in total. The van der Waals surface area contributed by atoms with Gasteiger partial charge in [-0.3, -0.25) is 68.6 Å². The van der Waals surface area contributed by atoms with E-state index in [1.165, 1.54) is 16.2 Å². The summed E-state index contributed by atoms with van der Waals surface area (Å²) >= 11 is 0. The van der Waals surface area contributed by atoms with Crippen molar-refractivity contribution in [3.05, 3.63) is 12.7 Å². The van der Waals surface area contributed by atoms with Crippen LogP contribution in [0.3, 0.4) is 0 Å². The molecule has 5 atom stereocenters. The van der Waals surface area contributed by atoms with E-state index in [1.54, 1.807) is 24.5 Å². The minimum Gasteiger partial charge on any atom is -0.366 e. The highest BCUT2D eigenvalue weighted by molar-refractivity contribution is 5.14. The van der Waals surface area contributed by atoms with Crippen molar-refractivity contribution in [3.63, 3.8) is 0 Å². The number of ether oxygens (including phenoxy) is 1. The minimum absolute atomic E-state index is 0.00630. The summed E-state index contributed by atoms with van der Waals surface area (Å²) in [6, 6.07) is 16.8. The van der Waals surface area contributed by atoms with Gasteiger partial charge in [0.25, 0.3) is 0 Å². The molecule has 0 amide bonds. The maximum absolute atomic E-state index is 13.1. The van der Waals surface area contributed by atoms with E-state index < -0.39 is 49.2 Å². The lowest BCUT2D eigenvalue weighted by Crippen LogP contribution is -2.53. The number of alkyl halides is 7. The lowest BCUT2D eigenvalue weighted by molar-refractivity contribution is -0.195. The zero-order valence-electron chi connectivity index (χ0n) is 58.7. The van der Waals surface area contributed by atoms with Gasteiger partial charge in [0.2, 0.25) is 0 Å². The number of hydrogen-bond donors (Lipinski definition) is 0. The highest BCUT2D eigenvalue weighted by Gasteiger charge is 2.44. The Morgan fingerprint density at radius 2 is 0.738 bits per heavy atom. The van der Waals surface area contributed by atoms with E-state index in [2.05, 4.69) is 95.6 Å². The van der Waals surface area contributed by atoms with Crippen LogP contribution in [-0.2, 0) is 4.74 Å². The zero-order valence-corrected chi connectivity index (χ0v) is 58.7. The first-order valence-corrected chi connectivity index (χ1v) is 33.1. The van der Waals surface area contributed by atoms with E-state index in [0.717, 1.165) is 98.2 Å². The molecule has 31 heteroatoms. The molecule has 24 nitrogen and oxygen atoms in total. The highest BCUT2D eigenvalue weighted by Crippen LogP contribution is 2.30. The molecule has 0 aromatic carbocycles. The summed E-state index contributed by atoms with van der Waals surface area (Å²) in [5.74, 6) is 16.5. The van der Waals surface area contributed by atoms with Crippen molar-refractivity contribution in [1.82, 2.24) is 68.6 Å². The largest absolute Gasteiger partial charge is 0.411 e. The Morgan fingerprint density at radius 3 is 1.15 bits per heavy atom. The van der Waals surface area contributed by atoms with E-state index in [0.29, 0.717) is 111 Å². The van der Waals surface area contributed by atoms with Gasteiger partial charge in [0.15, 0.2) is 12.1 Å². The van der Waals surface area contributed by atoms with Gasteiger partial charge in [-0.15, -0.1) is 57.5 Å². The molecule has 7 fully saturated rings. The van der Waals surface area contributed by atoms with E-state index >= 15 is 0 Å². The maximum atomic E-state index is 13.1. The third-order valence-electron chi connectivity index (χ3n) is 16.0. The predicted octanol–water partition coefficient (Wildman–Crippen LogP) is 3.03. The average Bonchev–Trinajstić information content (AvgIpc) is 0.860. The molecule has 0 saturated carbocycles. The van der Waals surface area contributed by atoms with Crippen molar-refractivity contribution in [3.8, 4) is 141 Å². The number of rotatable bonds is 19. The Bertz CT molecular complexity index is 3000. The van der Waals surface area contributed by atoms with Crippen LogP contribution >= 0.6 is 0 Å². The Kier molecular flexibility index (Phi) is 48.8. The smallest absolute Gasteiger partial charge is 0.366 e. The van der Waals surface area contributed by atoms with Crippen molar-refractivity contribution in [2.75, 3.05) is 223 Å².